The van der Waals surface area contributed by atoms with Gasteiger partial charge >= 0.3 is 0 Å². The Hall–Kier alpha value is -1.71. The Balaban J connectivity index is 0.000000461. The fraction of sp³-hybridized carbons (Fsp3) is 0.300. The van der Waals surface area contributed by atoms with Gasteiger partial charge in [-0.2, -0.15) is 0 Å². The van der Waals surface area contributed by atoms with E-state index in [1.54, 1.807) is 0 Å². The van der Waals surface area contributed by atoms with Crippen LogP contribution in [0.4, 0.5) is 0 Å². The number of rotatable bonds is 0. The highest BCUT2D eigenvalue weighted by atomic mass is 15.0. The molecule has 0 saturated carbocycles. The first-order valence-corrected chi connectivity index (χ1v) is 4.34. The lowest BCUT2D eigenvalue weighted by Crippen LogP contribution is -1.91. The molecule has 0 aliphatic carbocycles. The SMILES string of the molecule is C=C.Cc1nc(C)c2[nH]c(C)nc2n1. The van der Waals surface area contributed by atoms with Crippen LogP contribution in [-0.4, -0.2) is 19.9 Å². The zero-order chi connectivity index (χ0) is 10.7. The summed E-state index contributed by atoms with van der Waals surface area (Å²) >= 11 is 0. The van der Waals surface area contributed by atoms with Crippen LogP contribution in [0.15, 0.2) is 13.2 Å². The molecule has 0 aliphatic rings. The average Bonchev–Trinajstić information content (AvgIpc) is 2.49. The van der Waals surface area contributed by atoms with Gasteiger partial charge in [-0.25, -0.2) is 15.0 Å². The smallest absolute Gasteiger partial charge is 0.181 e. The number of hydrogen-bond acceptors (Lipinski definition) is 3. The van der Waals surface area contributed by atoms with Crippen LogP contribution in [0.5, 0.6) is 0 Å². The van der Waals surface area contributed by atoms with E-state index < -0.39 is 0 Å². The number of aromatic amines is 1. The molecular formula is C10H14N4. The molecule has 0 atom stereocenters. The van der Waals surface area contributed by atoms with Gasteiger partial charge in [0.25, 0.3) is 0 Å². The standard InChI is InChI=1S/C8H10N4.C2H4/c1-4-7-8(11-5(2)9-4)12-6(3)10-7;1-2/h1-3H3,(H,9,10,11,12);1-2H2. The minimum atomic E-state index is 0.762. The molecule has 2 heterocycles. The number of aromatic nitrogens is 4. The third-order valence-corrected chi connectivity index (χ3v) is 1.76. The number of H-pyrrole nitrogens is 1. The maximum atomic E-state index is 4.23. The highest BCUT2D eigenvalue weighted by Gasteiger charge is 2.04. The van der Waals surface area contributed by atoms with Crippen molar-refractivity contribution in [2.45, 2.75) is 20.8 Å². The molecule has 4 heteroatoms. The van der Waals surface area contributed by atoms with Crippen LogP contribution in [0.1, 0.15) is 17.3 Å². The Kier molecular flexibility index (Phi) is 2.96. The van der Waals surface area contributed by atoms with E-state index in [9.17, 15) is 0 Å². The van der Waals surface area contributed by atoms with Crippen LogP contribution in [0.3, 0.4) is 0 Å². The molecule has 0 fully saturated rings. The summed E-state index contributed by atoms with van der Waals surface area (Å²) in [6.07, 6.45) is 0. The van der Waals surface area contributed by atoms with Crippen LogP contribution in [0, 0.1) is 20.8 Å². The van der Waals surface area contributed by atoms with Crippen molar-refractivity contribution in [3.8, 4) is 0 Å². The number of aryl methyl sites for hydroxylation is 3. The summed E-state index contributed by atoms with van der Waals surface area (Å²) in [7, 11) is 0. The van der Waals surface area contributed by atoms with E-state index >= 15 is 0 Å². The molecule has 0 amide bonds. The van der Waals surface area contributed by atoms with Crippen LogP contribution >= 0.6 is 0 Å². The van der Waals surface area contributed by atoms with E-state index in [-0.39, 0.29) is 0 Å². The van der Waals surface area contributed by atoms with E-state index in [4.69, 9.17) is 0 Å². The van der Waals surface area contributed by atoms with E-state index in [1.165, 1.54) is 0 Å². The van der Waals surface area contributed by atoms with Gasteiger partial charge in [-0.3, -0.25) is 0 Å². The Morgan fingerprint density at radius 1 is 1.00 bits per heavy atom. The summed E-state index contributed by atoms with van der Waals surface area (Å²) in [5.74, 6) is 1.65. The molecule has 0 radical (unpaired) electrons. The average molecular weight is 190 g/mol. The predicted octanol–water partition coefficient (Wildman–Crippen LogP) is 2.08. The van der Waals surface area contributed by atoms with Gasteiger partial charge in [0.05, 0.1) is 5.69 Å². The number of fused-ring (bicyclic) bond motifs is 1. The third-order valence-electron chi connectivity index (χ3n) is 1.76. The van der Waals surface area contributed by atoms with Crippen molar-refractivity contribution in [1.29, 1.82) is 0 Å². The summed E-state index contributed by atoms with van der Waals surface area (Å²) < 4.78 is 0. The normalized spacial score (nSPS) is 9.64. The predicted molar refractivity (Wildman–Crippen MR) is 57.1 cm³/mol. The van der Waals surface area contributed by atoms with Crippen molar-refractivity contribution >= 4 is 11.2 Å². The minimum Gasteiger partial charge on any atom is -0.339 e. The van der Waals surface area contributed by atoms with Gasteiger partial charge in [0.1, 0.15) is 17.2 Å². The van der Waals surface area contributed by atoms with Crippen molar-refractivity contribution in [2.24, 2.45) is 0 Å². The molecule has 14 heavy (non-hydrogen) atoms. The fourth-order valence-corrected chi connectivity index (χ4v) is 1.29. The van der Waals surface area contributed by atoms with E-state index in [1.807, 2.05) is 20.8 Å². The first-order chi connectivity index (χ1) is 6.66. The van der Waals surface area contributed by atoms with Crippen LogP contribution in [0.25, 0.3) is 11.2 Å². The van der Waals surface area contributed by atoms with Crippen molar-refractivity contribution < 1.29 is 0 Å². The second-order valence-electron chi connectivity index (χ2n) is 2.88. The van der Waals surface area contributed by atoms with Crippen LogP contribution in [-0.2, 0) is 0 Å². The van der Waals surface area contributed by atoms with Gasteiger partial charge in [0, 0.05) is 0 Å². The lowest BCUT2D eigenvalue weighted by atomic mass is 10.4. The summed E-state index contributed by atoms with van der Waals surface area (Å²) in [5, 5.41) is 0. The molecule has 0 spiro atoms. The molecule has 74 valence electrons. The van der Waals surface area contributed by atoms with Gasteiger partial charge < -0.3 is 4.98 Å². The zero-order valence-corrected chi connectivity index (χ0v) is 8.76. The first kappa shape index (κ1) is 10.4. The third kappa shape index (κ3) is 1.79. The quantitative estimate of drug-likeness (QED) is 0.647. The lowest BCUT2D eigenvalue weighted by molar-refractivity contribution is 1.04. The molecule has 2 rings (SSSR count). The van der Waals surface area contributed by atoms with Gasteiger partial charge in [-0.05, 0) is 20.8 Å². The van der Waals surface area contributed by atoms with Crippen molar-refractivity contribution in [3.05, 3.63) is 30.5 Å². The van der Waals surface area contributed by atoms with E-state index in [0.29, 0.717) is 0 Å². The monoisotopic (exact) mass is 190 g/mol. The first-order valence-electron chi connectivity index (χ1n) is 4.34. The fourth-order valence-electron chi connectivity index (χ4n) is 1.29. The van der Waals surface area contributed by atoms with Crippen LogP contribution < -0.4 is 0 Å². The van der Waals surface area contributed by atoms with E-state index in [0.717, 1.165) is 28.5 Å². The molecule has 2 aromatic heterocycles. The van der Waals surface area contributed by atoms with Gasteiger partial charge in [-0.15, -0.1) is 13.2 Å². The highest BCUT2D eigenvalue weighted by molar-refractivity contribution is 5.72. The number of nitrogens with zero attached hydrogens (tertiary/aromatic N) is 3. The second kappa shape index (κ2) is 4.00. The topological polar surface area (TPSA) is 54.5 Å². The minimum absolute atomic E-state index is 0.762. The Bertz CT molecular complexity index is 445. The molecule has 0 aromatic carbocycles. The largest absolute Gasteiger partial charge is 0.339 e. The molecule has 0 unspecified atom stereocenters. The summed E-state index contributed by atoms with van der Waals surface area (Å²) in [4.78, 5) is 15.8. The summed E-state index contributed by atoms with van der Waals surface area (Å²) in [6, 6.07) is 0. The van der Waals surface area contributed by atoms with Gasteiger partial charge in [0.15, 0.2) is 5.65 Å². The highest BCUT2D eigenvalue weighted by Crippen LogP contribution is 2.11. The maximum absolute atomic E-state index is 4.23. The Morgan fingerprint density at radius 3 is 2.29 bits per heavy atom. The maximum Gasteiger partial charge on any atom is 0.181 e. The number of imidazole rings is 1. The van der Waals surface area contributed by atoms with Crippen molar-refractivity contribution in [1.82, 2.24) is 19.9 Å². The zero-order valence-electron chi connectivity index (χ0n) is 8.76. The Labute approximate surface area is 83.1 Å². The molecule has 1 N–H and O–H groups in total. The molecule has 4 nitrogen and oxygen atoms in total. The Morgan fingerprint density at radius 2 is 1.64 bits per heavy atom. The summed E-state index contributed by atoms with van der Waals surface area (Å²) in [5.41, 5.74) is 2.66. The molecule has 0 bridgehead atoms. The van der Waals surface area contributed by atoms with Crippen molar-refractivity contribution in [3.63, 3.8) is 0 Å². The molecule has 2 aromatic rings. The number of hydrogen-bond donors (Lipinski definition) is 1. The van der Waals surface area contributed by atoms with Crippen LogP contribution in [0.2, 0.25) is 0 Å². The second-order valence-corrected chi connectivity index (χ2v) is 2.88. The molecular weight excluding hydrogens is 176 g/mol. The molecule has 0 aliphatic heterocycles. The summed E-state index contributed by atoms with van der Waals surface area (Å²) in [6.45, 7) is 11.7. The van der Waals surface area contributed by atoms with Gasteiger partial charge in [-0.1, -0.05) is 0 Å². The molecule has 0 saturated heterocycles. The lowest BCUT2D eigenvalue weighted by Gasteiger charge is -1.94. The van der Waals surface area contributed by atoms with Crippen molar-refractivity contribution in [2.75, 3.05) is 0 Å². The number of nitrogens with one attached hydrogen (secondary N) is 1. The van der Waals surface area contributed by atoms with E-state index in [2.05, 4.69) is 33.1 Å². The van der Waals surface area contributed by atoms with Gasteiger partial charge in [0.2, 0.25) is 0 Å².